The van der Waals surface area contributed by atoms with Crippen molar-refractivity contribution >= 4 is 23.5 Å². The van der Waals surface area contributed by atoms with Crippen LogP contribution in [0.25, 0.3) is 0 Å². The molecule has 1 radical (unpaired) electrons. The van der Waals surface area contributed by atoms with Gasteiger partial charge in [-0.2, -0.15) is 0 Å². The Bertz CT molecular complexity index is 36.2. The molecule has 0 fully saturated rings. The van der Waals surface area contributed by atoms with Gasteiger partial charge >= 0.3 is 0 Å². The summed E-state index contributed by atoms with van der Waals surface area (Å²) in [4.78, 5) is 8.66. The molecule has 0 aliphatic heterocycles. The average Bonchev–Trinajstić information content (AvgIpc) is 1.27. The minimum atomic E-state index is -1.61. The van der Waals surface area contributed by atoms with E-state index in [1.165, 1.54) is 0 Å². The van der Waals surface area contributed by atoms with Crippen LogP contribution in [0.2, 0.25) is 31.2 Å². The summed E-state index contributed by atoms with van der Waals surface area (Å²) in [6.07, 6.45) is 0. The molecule has 0 bridgehead atoms. The van der Waals surface area contributed by atoms with E-state index >= 15 is 0 Å². The fourth-order valence-corrected chi connectivity index (χ4v) is 0. The van der Waals surface area contributed by atoms with Crippen molar-refractivity contribution in [2.24, 2.45) is 0 Å². The van der Waals surface area contributed by atoms with Crippen molar-refractivity contribution in [1.82, 2.24) is 0 Å². The predicted octanol–water partition coefficient (Wildman–Crippen LogP) is 1.60. The normalized spacial score (nSPS) is 9.25. The summed E-state index contributed by atoms with van der Waals surface area (Å²) in [5.74, 6) is 4.42. The smallest absolute Gasteiger partial charge is 0.191 e. The molecule has 0 atom stereocenters. The van der Waals surface area contributed by atoms with Crippen LogP contribution in [0.4, 0.5) is 0 Å². The molecule has 49 valence electrons. The van der Waals surface area contributed by atoms with Crippen LogP contribution in [0.1, 0.15) is 0 Å². The molecule has 1 N–H and O–H groups in total. The molecule has 0 saturated carbocycles. The first-order chi connectivity index (χ1) is 3.41. The van der Waals surface area contributed by atoms with Gasteiger partial charge in [-0.15, -0.1) is 11.6 Å². The van der Waals surface area contributed by atoms with Crippen molar-refractivity contribution in [2.45, 2.75) is 31.2 Å². The van der Waals surface area contributed by atoms with E-state index in [1.807, 2.05) is 19.6 Å². The molecule has 0 aromatic rings. The second-order valence-electron chi connectivity index (χ2n) is 2.75. The summed E-state index contributed by atoms with van der Waals surface area (Å²) in [7, 11) is -1.61. The van der Waals surface area contributed by atoms with Crippen molar-refractivity contribution in [2.75, 3.05) is 0 Å². The highest BCUT2D eigenvalue weighted by molar-refractivity contribution is 6.68. The zero-order chi connectivity index (χ0) is 7.21. The Hall–Kier alpha value is 0.709. The average molecular weight is 147 g/mol. The number of hydrogen-bond acceptors (Lipinski definition) is 1. The molecule has 1 nitrogen and oxygen atoms in total. The van der Waals surface area contributed by atoms with E-state index in [1.54, 1.807) is 0 Å². The van der Waals surface area contributed by atoms with E-state index in [9.17, 15) is 0 Å². The van der Waals surface area contributed by atoms with Gasteiger partial charge in [0.1, 0.15) is 0 Å². The van der Waals surface area contributed by atoms with Gasteiger partial charge < -0.3 is 4.80 Å². The Labute approximate surface area is 60.0 Å². The van der Waals surface area contributed by atoms with Crippen molar-refractivity contribution in [3.05, 3.63) is 0 Å². The van der Waals surface area contributed by atoms with Crippen LogP contribution in [-0.2, 0) is 0 Å². The maximum Gasteiger partial charge on any atom is 0.191 e. The van der Waals surface area contributed by atoms with E-state index in [-0.39, 0.29) is 0 Å². The highest BCUT2D eigenvalue weighted by Crippen LogP contribution is 1.88. The zero-order valence-corrected chi connectivity index (χ0v) is 8.68. The Morgan fingerprint density at radius 1 is 1.12 bits per heavy atom. The standard InChI is InChI=1S/C3H10OSi.2CH3.Al/c1-5(2,3)4;;;/h4H,1-3H3;2*1H3;. The van der Waals surface area contributed by atoms with E-state index in [0.717, 1.165) is 15.2 Å². The Morgan fingerprint density at radius 3 is 1.12 bits per heavy atom. The Balaban J connectivity index is 0. The van der Waals surface area contributed by atoms with Crippen LogP contribution >= 0.6 is 0 Å². The van der Waals surface area contributed by atoms with Crippen LogP contribution in [-0.4, -0.2) is 28.3 Å². The third-order valence-corrected chi connectivity index (χ3v) is 0. The van der Waals surface area contributed by atoms with E-state index in [0.29, 0.717) is 0 Å². The third kappa shape index (κ3) is 435. The topological polar surface area (TPSA) is 20.2 Å². The molecule has 0 amide bonds. The zero-order valence-electron chi connectivity index (χ0n) is 6.52. The molecular weight excluding hydrogens is 131 g/mol. The van der Waals surface area contributed by atoms with Gasteiger partial charge in [-0.05, 0) is 19.6 Å². The molecule has 8 heavy (non-hydrogen) atoms. The van der Waals surface area contributed by atoms with Gasteiger partial charge in [0, 0.05) is 0 Å². The lowest BCUT2D eigenvalue weighted by Gasteiger charge is -2.00. The van der Waals surface area contributed by atoms with Gasteiger partial charge in [-0.25, -0.2) is 0 Å². The molecule has 0 aromatic heterocycles. The molecule has 0 rings (SSSR count). The summed E-state index contributed by atoms with van der Waals surface area (Å²) in [6.45, 7) is 5.65. The van der Waals surface area contributed by atoms with Crippen molar-refractivity contribution in [3.8, 4) is 0 Å². The van der Waals surface area contributed by atoms with Gasteiger partial charge in [0.05, 0.1) is 0 Å². The number of rotatable bonds is 0. The van der Waals surface area contributed by atoms with Crippen molar-refractivity contribution < 1.29 is 4.80 Å². The van der Waals surface area contributed by atoms with Crippen molar-refractivity contribution in [3.63, 3.8) is 0 Å². The Kier molecular flexibility index (Phi) is 8.39. The van der Waals surface area contributed by atoms with E-state index in [4.69, 9.17) is 4.80 Å². The second kappa shape index (κ2) is 5.84. The minimum Gasteiger partial charge on any atom is -0.433 e. The lowest BCUT2D eigenvalue weighted by molar-refractivity contribution is 0.561. The highest BCUT2D eigenvalue weighted by atomic mass is 28.4. The first kappa shape index (κ1) is 11.5. The molecule has 0 spiro atoms. The molecule has 0 unspecified atom stereocenters. The summed E-state index contributed by atoms with van der Waals surface area (Å²) < 4.78 is 0. The summed E-state index contributed by atoms with van der Waals surface area (Å²) in [5.41, 5.74) is 0. The lowest BCUT2D eigenvalue weighted by atomic mass is 11.8. The van der Waals surface area contributed by atoms with Crippen LogP contribution in [0.3, 0.4) is 0 Å². The SMILES string of the molecule is C[Si](C)(C)O.[CH3][Al][CH3]. The van der Waals surface area contributed by atoms with Crippen LogP contribution in [0.15, 0.2) is 0 Å². The molecule has 0 aliphatic carbocycles. The third-order valence-electron chi connectivity index (χ3n) is 0. The fourth-order valence-electron chi connectivity index (χ4n) is 0. The first-order valence-corrected chi connectivity index (χ1v) is 8.63. The predicted molar refractivity (Wildman–Crippen MR) is 43.0 cm³/mol. The number of hydrogen-bond donors (Lipinski definition) is 1. The van der Waals surface area contributed by atoms with Gasteiger partial charge in [0.15, 0.2) is 23.5 Å². The second-order valence-corrected chi connectivity index (χ2v) is 8.24. The molecular formula is C5H16AlOSi. The van der Waals surface area contributed by atoms with Crippen molar-refractivity contribution in [1.29, 1.82) is 0 Å². The molecule has 0 aliphatic rings. The van der Waals surface area contributed by atoms with Crippen LogP contribution < -0.4 is 0 Å². The summed E-state index contributed by atoms with van der Waals surface area (Å²) in [5, 5.41) is 0. The largest absolute Gasteiger partial charge is 0.433 e. The molecule has 0 saturated heterocycles. The quantitative estimate of drug-likeness (QED) is 0.516. The van der Waals surface area contributed by atoms with E-state index in [2.05, 4.69) is 11.6 Å². The summed E-state index contributed by atoms with van der Waals surface area (Å²) >= 11 is 0.750. The van der Waals surface area contributed by atoms with Gasteiger partial charge in [-0.1, -0.05) is 0 Å². The summed E-state index contributed by atoms with van der Waals surface area (Å²) in [6, 6.07) is 0. The van der Waals surface area contributed by atoms with Crippen LogP contribution in [0.5, 0.6) is 0 Å². The van der Waals surface area contributed by atoms with Crippen LogP contribution in [0, 0.1) is 0 Å². The monoisotopic (exact) mass is 147 g/mol. The molecule has 0 aromatic carbocycles. The van der Waals surface area contributed by atoms with Gasteiger partial charge in [-0.3, -0.25) is 0 Å². The Morgan fingerprint density at radius 2 is 1.12 bits per heavy atom. The maximum atomic E-state index is 8.66. The molecule has 0 heterocycles. The minimum absolute atomic E-state index is 0.750. The first-order valence-electron chi connectivity index (χ1n) is 2.88. The van der Waals surface area contributed by atoms with Gasteiger partial charge in [0.25, 0.3) is 0 Å². The van der Waals surface area contributed by atoms with E-state index < -0.39 is 8.32 Å². The van der Waals surface area contributed by atoms with Gasteiger partial charge in [0.2, 0.25) is 0 Å². The maximum absolute atomic E-state index is 8.66. The highest BCUT2D eigenvalue weighted by Gasteiger charge is 2.03. The molecule has 3 heteroatoms. The lowest BCUT2D eigenvalue weighted by Crippen LogP contribution is -2.17. The fraction of sp³-hybridized carbons (Fsp3) is 1.00.